The van der Waals surface area contributed by atoms with E-state index >= 15 is 0 Å². The van der Waals surface area contributed by atoms with E-state index in [2.05, 4.69) is 31.0 Å². The summed E-state index contributed by atoms with van der Waals surface area (Å²) in [6, 6.07) is 1.68. The van der Waals surface area contributed by atoms with Crippen molar-refractivity contribution in [2.45, 2.75) is 71.4 Å². The Hall–Kier alpha value is -0.0800. The molecule has 0 aromatic rings. The molecule has 1 heterocycles. The zero-order valence-corrected chi connectivity index (χ0v) is 12.6. The minimum absolute atomic E-state index is 0.792. The summed E-state index contributed by atoms with van der Waals surface area (Å²) in [5, 5.41) is 3.69. The molecule has 0 spiro atoms. The van der Waals surface area contributed by atoms with E-state index in [0.717, 1.165) is 23.9 Å². The second-order valence-electron chi connectivity index (χ2n) is 6.44. The lowest BCUT2D eigenvalue weighted by Crippen LogP contribution is -2.47. The van der Waals surface area contributed by atoms with Crippen molar-refractivity contribution in [3.05, 3.63) is 0 Å². The Bertz CT molecular complexity index is 233. The van der Waals surface area contributed by atoms with Gasteiger partial charge in [-0.25, -0.2) is 0 Å². The van der Waals surface area contributed by atoms with E-state index in [-0.39, 0.29) is 0 Å². The van der Waals surface area contributed by atoms with E-state index in [1.807, 2.05) is 0 Å². The van der Waals surface area contributed by atoms with Gasteiger partial charge in [0.1, 0.15) is 0 Å². The van der Waals surface area contributed by atoms with Crippen molar-refractivity contribution >= 4 is 0 Å². The predicted octanol–water partition coefficient (Wildman–Crippen LogP) is 3.28. The van der Waals surface area contributed by atoms with Crippen LogP contribution in [-0.4, -0.2) is 36.6 Å². The van der Waals surface area contributed by atoms with Gasteiger partial charge in [-0.3, -0.25) is 4.90 Å². The number of piperidine rings is 1. The summed E-state index contributed by atoms with van der Waals surface area (Å²) in [7, 11) is 0. The molecule has 2 rings (SSSR count). The van der Waals surface area contributed by atoms with E-state index in [1.54, 1.807) is 0 Å². The van der Waals surface area contributed by atoms with Crippen molar-refractivity contribution in [3.8, 4) is 0 Å². The second-order valence-corrected chi connectivity index (χ2v) is 6.44. The first-order valence-corrected chi connectivity index (χ1v) is 8.23. The fraction of sp³-hybridized carbons (Fsp3) is 1.00. The second kappa shape index (κ2) is 6.91. The van der Waals surface area contributed by atoms with Gasteiger partial charge in [0.05, 0.1) is 0 Å². The van der Waals surface area contributed by atoms with E-state index in [0.29, 0.717) is 0 Å². The van der Waals surface area contributed by atoms with Crippen LogP contribution in [-0.2, 0) is 0 Å². The molecular formula is C16H32N2. The molecule has 1 aliphatic heterocycles. The highest BCUT2D eigenvalue weighted by molar-refractivity contribution is 4.90. The molecule has 2 fully saturated rings. The molecule has 2 heteroatoms. The van der Waals surface area contributed by atoms with Crippen molar-refractivity contribution < 1.29 is 0 Å². The molecule has 1 N–H and O–H groups in total. The molecule has 0 aromatic carbocycles. The molecule has 18 heavy (non-hydrogen) atoms. The third-order valence-electron chi connectivity index (χ3n) is 5.39. The molecule has 0 radical (unpaired) electrons. The minimum Gasteiger partial charge on any atom is -0.314 e. The van der Waals surface area contributed by atoms with Crippen LogP contribution in [0.3, 0.4) is 0 Å². The molecule has 1 aliphatic carbocycles. The lowest BCUT2D eigenvalue weighted by atomic mass is 9.91. The Balaban J connectivity index is 1.76. The van der Waals surface area contributed by atoms with E-state index in [4.69, 9.17) is 0 Å². The van der Waals surface area contributed by atoms with Crippen LogP contribution in [0.15, 0.2) is 0 Å². The van der Waals surface area contributed by atoms with E-state index < -0.39 is 0 Å². The average molecular weight is 252 g/mol. The van der Waals surface area contributed by atoms with Gasteiger partial charge in [-0.1, -0.05) is 27.2 Å². The van der Waals surface area contributed by atoms with Crippen molar-refractivity contribution in [3.63, 3.8) is 0 Å². The van der Waals surface area contributed by atoms with Crippen molar-refractivity contribution in [1.82, 2.24) is 10.2 Å². The smallest absolute Gasteiger partial charge is 0.0124 e. The number of rotatable bonds is 5. The van der Waals surface area contributed by atoms with Gasteiger partial charge in [0.15, 0.2) is 0 Å². The molecule has 0 aromatic heterocycles. The first kappa shape index (κ1) is 14.3. The topological polar surface area (TPSA) is 15.3 Å². The lowest BCUT2D eigenvalue weighted by Gasteiger charge is -2.38. The predicted molar refractivity (Wildman–Crippen MR) is 78.9 cm³/mol. The van der Waals surface area contributed by atoms with Crippen LogP contribution in [0.25, 0.3) is 0 Å². The molecule has 3 unspecified atom stereocenters. The number of likely N-dealkylation sites (tertiary alicyclic amines) is 1. The maximum Gasteiger partial charge on any atom is 0.0124 e. The monoisotopic (exact) mass is 252 g/mol. The molecule has 0 amide bonds. The van der Waals surface area contributed by atoms with Crippen LogP contribution in [0.1, 0.15) is 59.3 Å². The van der Waals surface area contributed by atoms with Crippen LogP contribution >= 0.6 is 0 Å². The van der Waals surface area contributed by atoms with Crippen LogP contribution in [0.5, 0.6) is 0 Å². The van der Waals surface area contributed by atoms with Gasteiger partial charge in [0.25, 0.3) is 0 Å². The normalized spacial score (nSPS) is 35.2. The highest BCUT2D eigenvalue weighted by atomic mass is 15.2. The van der Waals surface area contributed by atoms with Crippen molar-refractivity contribution in [1.29, 1.82) is 0 Å². The third kappa shape index (κ3) is 3.27. The standard InChI is InChI=1S/C16H32N2/c1-4-10-17-15-8-11-18(12-9-15)16-7-6-14(5-2)13(16)3/h13-17H,4-12H2,1-3H3. The molecule has 2 nitrogen and oxygen atoms in total. The van der Waals surface area contributed by atoms with Gasteiger partial charge < -0.3 is 5.32 Å². The highest BCUT2D eigenvalue weighted by Gasteiger charge is 2.36. The van der Waals surface area contributed by atoms with Gasteiger partial charge in [0, 0.05) is 12.1 Å². The number of hydrogen-bond acceptors (Lipinski definition) is 2. The quantitative estimate of drug-likeness (QED) is 0.808. The summed E-state index contributed by atoms with van der Waals surface area (Å²) < 4.78 is 0. The van der Waals surface area contributed by atoms with Gasteiger partial charge in [-0.05, 0) is 63.6 Å². The maximum atomic E-state index is 3.69. The summed E-state index contributed by atoms with van der Waals surface area (Å²) in [5.41, 5.74) is 0. The summed E-state index contributed by atoms with van der Waals surface area (Å²) in [6.45, 7) is 11.0. The van der Waals surface area contributed by atoms with E-state index in [9.17, 15) is 0 Å². The van der Waals surface area contributed by atoms with Gasteiger partial charge in [-0.2, -0.15) is 0 Å². The summed E-state index contributed by atoms with van der Waals surface area (Å²) in [6.07, 6.45) is 8.29. The Kier molecular flexibility index (Phi) is 5.50. The zero-order valence-electron chi connectivity index (χ0n) is 12.6. The van der Waals surface area contributed by atoms with Crippen LogP contribution in [0.2, 0.25) is 0 Å². The fourth-order valence-electron chi connectivity index (χ4n) is 4.10. The number of nitrogens with zero attached hydrogens (tertiary/aromatic N) is 1. The van der Waals surface area contributed by atoms with Gasteiger partial charge in [-0.15, -0.1) is 0 Å². The number of hydrogen-bond donors (Lipinski definition) is 1. The highest BCUT2D eigenvalue weighted by Crippen LogP contribution is 2.37. The van der Waals surface area contributed by atoms with Gasteiger partial charge >= 0.3 is 0 Å². The molecule has 1 saturated carbocycles. The van der Waals surface area contributed by atoms with Crippen LogP contribution < -0.4 is 5.32 Å². The Morgan fingerprint density at radius 1 is 1.06 bits per heavy atom. The third-order valence-corrected chi connectivity index (χ3v) is 5.39. The van der Waals surface area contributed by atoms with Crippen LogP contribution in [0.4, 0.5) is 0 Å². The Labute approximate surface area is 114 Å². The summed E-state index contributed by atoms with van der Waals surface area (Å²) in [5.74, 6) is 1.92. The fourth-order valence-corrected chi connectivity index (χ4v) is 4.10. The first-order valence-electron chi connectivity index (χ1n) is 8.23. The van der Waals surface area contributed by atoms with Crippen LogP contribution in [0, 0.1) is 11.8 Å². The average Bonchev–Trinajstić information content (AvgIpc) is 2.78. The SMILES string of the molecule is CCCNC1CCN(C2CCC(CC)C2C)CC1. The lowest BCUT2D eigenvalue weighted by molar-refractivity contribution is 0.113. The Morgan fingerprint density at radius 3 is 2.33 bits per heavy atom. The number of nitrogens with one attached hydrogen (secondary N) is 1. The molecular weight excluding hydrogens is 220 g/mol. The molecule has 3 atom stereocenters. The molecule has 1 saturated heterocycles. The minimum atomic E-state index is 0.792. The molecule has 2 aliphatic rings. The molecule has 0 bridgehead atoms. The van der Waals surface area contributed by atoms with Gasteiger partial charge in [0.2, 0.25) is 0 Å². The Morgan fingerprint density at radius 2 is 1.78 bits per heavy atom. The zero-order chi connectivity index (χ0) is 13.0. The van der Waals surface area contributed by atoms with Crippen molar-refractivity contribution in [2.24, 2.45) is 11.8 Å². The summed E-state index contributed by atoms with van der Waals surface area (Å²) in [4.78, 5) is 2.80. The molecule has 106 valence electrons. The largest absolute Gasteiger partial charge is 0.314 e. The van der Waals surface area contributed by atoms with E-state index in [1.165, 1.54) is 58.2 Å². The van der Waals surface area contributed by atoms with Crippen molar-refractivity contribution in [2.75, 3.05) is 19.6 Å². The summed E-state index contributed by atoms with van der Waals surface area (Å²) >= 11 is 0. The maximum absolute atomic E-state index is 3.69. The first-order chi connectivity index (χ1) is 8.76.